The van der Waals surface area contributed by atoms with Crippen LogP contribution in [0.15, 0.2) is 54.9 Å². The molecule has 100 valence electrons. The standard InChI is InChI=1S/C15H18N2O2/c18-15(19-13-14-7-2-1-3-8-14)16-9-6-12-17-10-4-5-11-17/h1-5,7-8,10-11H,6,9,12-13H2,(H,16,18). The number of rotatable bonds is 6. The van der Waals surface area contributed by atoms with Crippen LogP contribution in [-0.2, 0) is 17.9 Å². The van der Waals surface area contributed by atoms with E-state index in [4.69, 9.17) is 4.74 Å². The molecule has 0 atom stereocenters. The van der Waals surface area contributed by atoms with Gasteiger partial charge in [0.15, 0.2) is 0 Å². The molecule has 1 heterocycles. The van der Waals surface area contributed by atoms with Crippen molar-refractivity contribution in [2.24, 2.45) is 0 Å². The number of alkyl carbamates (subject to hydrolysis) is 1. The molecule has 0 aliphatic heterocycles. The maximum atomic E-state index is 11.4. The Balaban J connectivity index is 1.57. The lowest BCUT2D eigenvalue weighted by Gasteiger charge is -2.07. The van der Waals surface area contributed by atoms with Gasteiger partial charge in [-0.05, 0) is 24.1 Å². The van der Waals surface area contributed by atoms with Crippen molar-refractivity contribution in [2.45, 2.75) is 19.6 Å². The number of aromatic nitrogens is 1. The zero-order chi connectivity index (χ0) is 13.3. The normalized spacial score (nSPS) is 10.1. The average Bonchev–Trinajstić information content (AvgIpc) is 2.96. The lowest BCUT2D eigenvalue weighted by molar-refractivity contribution is 0.139. The summed E-state index contributed by atoms with van der Waals surface area (Å²) in [7, 11) is 0. The van der Waals surface area contributed by atoms with Crippen molar-refractivity contribution >= 4 is 6.09 Å². The summed E-state index contributed by atoms with van der Waals surface area (Å²) >= 11 is 0. The van der Waals surface area contributed by atoms with Crippen LogP contribution in [0.25, 0.3) is 0 Å². The first-order valence-corrected chi connectivity index (χ1v) is 6.40. The van der Waals surface area contributed by atoms with Gasteiger partial charge in [0.05, 0.1) is 0 Å². The Labute approximate surface area is 113 Å². The quantitative estimate of drug-likeness (QED) is 0.810. The van der Waals surface area contributed by atoms with E-state index in [0.29, 0.717) is 13.2 Å². The molecule has 0 aliphatic carbocycles. The zero-order valence-corrected chi connectivity index (χ0v) is 10.8. The fraction of sp³-hybridized carbons (Fsp3) is 0.267. The molecule has 1 aromatic heterocycles. The van der Waals surface area contributed by atoms with Crippen molar-refractivity contribution < 1.29 is 9.53 Å². The number of hydrogen-bond donors (Lipinski definition) is 1. The van der Waals surface area contributed by atoms with Gasteiger partial charge in [-0.3, -0.25) is 0 Å². The zero-order valence-electron chi connectivity index (χ0n) is 10.8. The Kier molecular flexibility index (Phi) is 5.05. The van der Waals surface area contributed by atoms with Gasteiger partial charge in [-0.1, -0.05) is 30.3 Å². The van der Waals surface area contributed by atoms with Crippen molar-refractivity contribution in [2.75, 3.05) is 6.54 Å². The number of hydrogen-bond acceptors (Lipinski definition) is 2. The third-order valence-electron chi connectivity index (χ3n) is 2.74. The number of benzene rings is 1. The highest BCUT2D eigenvalue weighted by Crippen LogP contribution is 2.00. The number of aryl methyl sites for hydroxylation is 1. The van der Waals surface area contributed by atoms with Crippen LogP contribution >= 0.6 is 0 Å². The van der Waals surface area contributed by atoms with Gasteiger partial charge in [-0.25, -0.2) is 4.79 Å². The van der Waals surface area contributed by atoms with Crippen LogP contribution in [0.1, 0.15) is 12.0 Å². The second-order valence-electron chi connectivity index (χ2n) is 4.26. The van der Waals surface area contributed by atoms with Crippen LogP contribution in [-0.4, -0.2) is 17.2 Å². The predicted molar refractivity (Wildman–Crippen MR) is 73.7 cm³/mol. The molecular weight excluding hydrogens is 240 g/mol. The summed E-state index contributed by atoms with van der Waals surface area (Å²) in [6.07, 6.45) is 4.53. The van der Waals surface area contributed by atoms with Crippen LogP contribution in [0, 0.1) is 0 Å². The Morgan fingerprint density at radius 2 is 1.84 bits per heavy atom. The molecule has 1 N–H and O–H groups in total. The van der Waals surface area contributed by atoms with Gasteiger partial charge in [-0.2, -0.15) is 0 Å². The molecular formula is C15H18N2O2. The van der Waals surface area contributed by atoms with Gasteiger partial charge >= 0.3 is 6.09 Å². The molecule has 0 radical (unpaired) electrons. The number of carbonyl (C=O) groups is 1. The largest absolute Gasteiger partial charge is 0.445 e. The number of amides is 1. The maximum Gasteiger partial charge on any atom is 0.407 e. The van der Waals surface area contributed by atoms with Gasteiger partial charge in [0, 0.05) is 25.5 Å². The number of nitrogens with one attached hydrogen (secondary N) is 1. The highest BCUT2D eigenvalue weighted by molar-refractivity contribution is 5.67. The fourth-order valence-corrected chi connectivity index (χ4v) is 1.75. The molecule has 4 heteroatoms. The molecule has 0 aliphatic rings. The van der Waals surface area contributed by atoms with Crippen molar-refractivity contribution in [3.8, 4) is 0 Å². The highest BCUT2D eigenvalue weighted by Gasteiger charge is 2.01. The lowest BCUT2D eigenvalue weighted by Crippen LogP contribution is -2.25. The van der Waals surface area contributed by atoms with E-state index in [2.05, 4.69) is 9.88 Å². The molecule has 0 unspecified atom stereocenters. The summed E-state index contributed by atoms with van der Waals surface area (Å²) in [5, 5.41) is 2.74. The van der Waals surface area contributed by atoms with Crippen LogP contribution in [0.2, 0.25) is 0 Å². The molecule has 0 saturated carbocycles. The minimum absolute atomic E-state index is 0.310. The topological polar surface area (TPSA) is 43.3 Å². The first-order chi connectivity index (χ1) is 9.34. The average molecular weight is 258 g/mol. The summed E-state index contributed by atoms with van der Waals surface area (Å²) in [6.45, 7) is 1.82. The Morgan fingerprint density at radius 1 is 1.11 bits per heavy atom. The van der Waals surface area contributed by atoms with Crippen molar-refractivity contribution in [1.82, 2.24) is 9.88 Å². The molecule has 0 spiro atoms. The van der Waals surface area contributed by atoms with Gasteiger partial charge < -0.3 is 14.6 Å². The van der Waals surface area contributed by atoms with Crippen molar-refractivity contribution in [3.05, 3.63) is 60.4 Å². The van der Waals surface area contributed by atoms with E-state index < -0.39 is 0 Å². The van der Waals surface area contributed by atoms with Gasteiger partial charge in [0.1, 0.15) is 6.61 Å². The van der Waals surface area contributed by atoms with Crippen LogP contribution in [0.4, 0.5) is 4.79 Å². The summed E-state index contributed by atoms with van der Waals surface area (Å²) < 4.78 is 7.19. The molecule has 1 aromatic carbocycles. The second kappa shape index (κ2) is 7.26. The highest BCUT2D eigenvalue weighted by atomic mass is 16.5. The molecule has 2 rings (SSSR count). The third-order valence-corrected chi connectivity index (χ3v) is 2.74. The smallest absolute Gasteiger partial charge is 0.407 e. The van der Waals surface area contributed by atoms with E-state index in [1.165, 1.54) is 0 Å². The SMILES string of the molecule is O=C(NCCCn1cccc1)OCc1ccccc1. The first-order valence-electron chi connectivity index (χ1n) is 6.40. The van der Waals surface area contributed by atoms with E-state index >= 15 is 0 Å². The molecule has 0 bridgehead atoms. The summed E-state index contributed by atoms with van der Waals surface area (Å²) in [5.74, 6) is 0. The van der Waals surface area contributed by atoms with E-state index in [0.717, 1.165) is 18.5 Å². The van der Waals surface area contributed by atoms with E-state index in [1.807, 2.05) is 54.9 Å². The monoisotopic (exact) mass is 258 g/mol. The van der Waals surface area contributed by atoms with Gasteiger partial charge in [0.2, 0.25) is 0 Å². The summed E-state index contributed by atoms with van der Waals surface area (Å²) in [4.78, 5) is 11.4. The Morgan fingerprint density at radius 3 is 2.58 bits per heavy atom. The lowest BCUT2D eigenvalue weighted by atomic mass is 10.2. The van der Waals surface area contributed by atoms with Crippen molar-refractivity contribution in [3.63, 3.8) is 0 Å². The second-order valence-corrected chi connectivity index (χ2v) is 4.26. The number of nitrogens with zero attached hydrogens (tertiary/aromatic N) is 1. The van der Waals surface area contributed by atoms with Crippen LogP contribution in [0.3, 0.4) is 0 Å². The van der Waals surface area contributed by atoms with Crippen LogP contribution in [0.5, 0.6) is 0 Å². The van der Waals surface area contributed by atoms with E-state index in [-0.39, 0.29) is 6.09 Å². The van der Waals surface area contributed by atoms with Gasteiger partial charge in [0.25, 0.3) is 0 Å². The number of carbonyl (C=O) groups excluding carboxylic acids is 1. The fourth-order valence-electron chi connectivity index (χ4n) is 1.75. The molecule has 1 amide bonds. The summed E-state index contributed by atoms with van der Waals surface area (Å²) in [6, 6.07) is 13.6. The Hall–Kier alpha value is -2.23. The minimum atomic E-state index is -0.364. The van der Waals surface area contributed by atoms with E-state index in [1.54, 1.807) is 0 Å². The van der Waals surface area contributed by atoms with E-state index in [9.17, 15) is 4.79 Å². The molecule has 4 nitrogen and oxygen atoms in total. The maximum absolute atomic E-state index is 11.4. The predicted octanol–water partition coefficient (Wildman–Crippen LogP) is 2.80. The van der Waals surface area contributed by atoms with Crippen molar-refractivity contribution in [1.29, 1.82) is 0 Å². The molecule has 0 saturated heterocycles. The van der Waals surface area contributed by atoms with Gasteiger partial charge in [-0.15, -0.1) is 0 Å². The first kappa shape index (κ1) is 13.2. The third kappa shape index (κ3) is 4.87. The molecule has 2 aromatic rings. The number of ether oxygens (including phenoxy) is 1. The molecule has 0 fully saturated rings. The minimum Gasteiger partial charge on any atom is -0.445 e. The Bertz CT molecular complexity index is 480. The summed E-state index contributed by atoms with van der Waals surface area (Å²) in [5.41, 5.74) is 0.991. The van der Waals surface area contributed by atoms with Crippen LogP contribution < -0.4 is 5.32 Å². The molecule has 19 heavy (non-hydrogen) atoms.